The highest BCUT2D eigenvalue weighted by Crippen LogP contribution is 2.21. The molecule has 0 aromatic heterocycles. The first kappa shape index (κ1) is 17.2. The Morgan fingerprint density at radius 3 is 2.62 bits per heavy atom. The van der Waals surface area contributed by atoms with E-state index in [1.807, 2.05) is 0 Å². The maximum absolute atomic E-state index is 5.93. The van der Waals surface area contributed by atoms with Crippen LogP contribution in [0.15, 0.2) is 42.5 Å². The van der Waals surface area contributed by atoms with E-state index in [2.05, 4.69) is 54.3 Å². The van der Waals surface area contributed by atoms with Crippen molar-refractivity contribution >= 4 is 10.8 Å². The Morgan fingerprint density at radius 1 is 1.04 bits per heavy atom. The number of rotatable bonds is 8. The zero-order valence-electron chi connectivity index (χ0n) is 14.7. The van der Waals surface area contributed by atoms with E-state index in [0.29, 0.717) is 0 Å². The normalized spacial score (nSPS) is 16.5. The van der Waals surface area contributed by atoms with Gasteiger partial charge in [0, 0.05) is 19.8 Å². The van der Waals surface area contributed by atoms with Crippen LogP contribution in [-0.2, 0) is 4.74 Å². The smallest absolute Gasteiger partial charge is 0.119 e. The van der Waals surface area contributed by atoms with Crippen LogP contribution >= 0.6 is 0 Å². The molecule has 1 saturated heterocycles. The van der Waals surface area contributed by atoms with Gasteiger partial charge in [-0.25, -0.2) is 0 Å². The van der Waals surface area contributed by atoms with Crippen molar-refractivity contribution in [3.8, 4) is 5.75 Å². The minimum atomic E-state index is 0.759. The predicted octanol–water partition coefficient (Wildman–Crippen LogP) is 4.36. The quantitative estimate of drug-likeness (QED) is 0.673. The van der Waals surface area contributed by atoms with Gasteiger partial charge in [0.1, 0.15) is 5.75 Å². The summed E-state index contributed by atoms with van der Waals surface area (Å²) >= 11 is 0. The molecule has 0 amide bonds. The number of likely N-dealkylation sites (tertiary alicyclic amines) is 1. The fourth-order valence-electron chi connectivity index (χ4n) is 3.40. The van der Waals surface area contributed by atoms with Gasteiger partial charge in [-0.05, 0) is 68.1 Å². The number of piperidine rings is 1. The van der Waals surface area contributed by atoms with Gasteiger partial charge in [0.15, 0.2) is 0 Å². The number of nitrogens with zero attached hydrogens (tertiary/aromatic N) is 1. The van der Waals surface area contributed by atoms with Crippen molar-refractivity contribution in [1.29, 1.82) is 0 Å². The van der Waals surface area contributed by atoms with Crippen LogP contribution in [-0.4, -0.2) is 44.4 Å². The first-order valence-electron chi connectivity index (χ1n) is 9.27. The number of ether oxygens (including phenoxy) is 2. The second kappa shape index (κ2) is 9.05. The van der Waals surface area contributed by atoms with E-state index in [1.54, 1.807) is 0 Å². The molecule has 1 aliphatic heterocycles. The van der Waals surface area contributed by atoms with Crippen molar-refractivity contribution < 1.29 is 9.47 Å². The van der Waals surface area contributed by atoms with E-state index in [0.717, 1.165) is 44.5 Å². The zero-order chi connectivity index (χ0) is 16.6. The van der Waals surface area contributed by atoms with E-state index in [4.69, 9.17) is 9.47 Å². The Morgan fingerprint density at radius 2 is 1.83 bits per heavy atom. The van der Waals surface area contributed by atoms with E-state index in [9.17, 15) is 0 Å². The maximum atomic E-state index is 5.93. The van der Waals surface area contributed by atoms with Crippen LogP contribution in [0.4, 0.5) is 0 Å². The Balaban J connectivity index is 1.35. The Bertz CT molecular complexity index is 620. The summed E-state index contributed by atoms with van der Waals surface area (Å²) in [6.45, 7) is 8.18. The van der Waals surface area contributed by atoms with Gasteiger partial charge in [0.25, 0.3) is 0 Å². The molecule has 0 radical (unpaired) electrons. The third-order valence-corrected chi connectivity index (χ3v) is 4.87. The number of hydrogen-bond acceptors (Lipinski definition) is 3. The first-order valence-corrected chi connectivity index (χ1v) is 9.27. The fraction of sp³-hybridized carbons (Fsp3) is 0.524. The Hall–Kier alpha value is -1.58. The van der Waals surface area contributed by atoms with Crippen molar-refractivity contribution in [2.45, 2.75) is 26.2 Å². The molecule has 24 heavy (non-hydrogen) atoms. The molecule has 2 aromatic carbocycles. The molecule has 0 saturated carbocycles. The molecule has 130 valence electrons. The summed E-state index contributed by atoms with van der Waals surface area (Å²) in [5, 5.41) is 2.51. The molecule has 3 heteroatoms. The highest BCUT2D eigenvalue weighted by molar-refractivity contribution is 5.83. The summed E-state index contributed by atoms with van der Waals surface area (Å²) in [7, 11) is 0. The van der Waals surface area contributed by atoms with Crippen LogP contribution in [0, 0.1) is 5.92 Å². The molecular formula is C21H29NO2. The predicted molar refractivity (Wildman–Crippen MR) is 99.7 cm³/mol. The second-order valence-electron chi connectivity index (χ2n) is 6.66. The molecule has 3 rings (SSSR count). The van der Waals surface area contributed by atoms with Crippen molar-refractivity contribution in [3.05, 3.63) is 42.5 Å². The van der Waals surface area contributed by atoms with Gasteiger partial charge in [-0.1, -0.05) is 30.3 Å². The molecule has 0 aliphatic carbocycles. The van der Waals surface area contributed by atoms with Crippen LogP contribution in [0.3, 0.4) is 0 Å². The van der Waals surface area contributed by atoms with Crippen LogP contribution < -0.4 is 4.74 Å². The second-order valence-corrected chi connectivity index (χ2v) is 6.66. The lowest BCUT2D eigenvalue weighted by Gasteiger charge is -2.31. The van der Waals surface area contributed by atoms with Crippen molar-refractivity contribution in [1.82, 2.24) is 4.90 Å². The van der Waals surface area contributed by atoms with Gasteiger partial charge in [-0.2, -0.15) is 0 Å². The van der Waals surface area contributed by atoms with Crippen molar-refractivity contribution in [3.63, 3.8) is 0 Å². The lowest BCUT2D eigenvalue weighted by atomic mass is 9.98. The molecule has 0 N–H and O–H groups in total. The van der Waals surface area contributed by atoms with Crippen LogP contribution in [0.1, 0.15) is 26.2 Å². The zero-order valence-corrected chi connectivity index (χ0v) is 14.7. The summed E-state index contributed by atoms with van der Waals surface area (Å²) in [6, 6.07) is 14.7. The van der Waals surface area contributed by atoms with E-state index in [-0.39, 0.29) is 0 Å². The molecule has 1 fully saturated rings. The van der Waals surface area contributed by atoms with Gasteiger partial charge >= 0.3 is 0 Å². The Labute approximate surface area is 145 Å². The van der Waals surface area contributed by atoms with E-state index >= 15 is 0 Å². The molecule has 2 aromatic rings. The third kappa shape index (κ3) is 4.96. The SMILES string of the molecule is CCOCC1CCN(CCCOc2ccc3ccccc3c2)CC1. The minimum Gasteiger partial charge on any atom is -0.494 e. The number of hydrogen-bond donors (Lipinski definition) is 0. The van der Waals surface area contributed by atoms with Gasteiger partial charge in [0.05, 0.1) is 6.61 Å². The van der Waals surface area contributed by atoms with Crippen LogP contribution in [0.5, 0.6) is 5.75 Å². The third-order valence-electron chi connectivity index (χ3n) is 4.87. The summed E-state index contributed by atoms with van der Waals surface area (Å²) < 4.78 is 11.5. The summed E-state index contributed by atoms with van der Waals surface area (Å²) in [5.41, 5.74) is 0. The van der Waals surface area contributed by atoms with E-state index in [1.165, 1.54) is 36.7 Å². The van der Waals surface area contributed by atoms with Crippen LogP contribution in [0.25, 0.3) is 10.8 Å². The summed E-state index contributed by atoms with van der Waals surface area (Å²) in [5.74, 6) is 1.74. The number of fused-ring (bicyclic) bond motifs is 1. The average Bonchev–Trinajstić information content (AvgIpc) is 2.64. The van der Waals surface area contributed by atoms with Gasteiger partial charge in [-0.15, -0.1) is 0 Å². The molecule has 0 unspecified atom stereocenters. The summed E-state index contributed by atoms with van der Waals surface area (Å²) in [6.07, 6.45) is 3.63. The monoisotopic (exact) mass is 327 g/mol. The van der Waals surface area contributed by atoms with Gasteiger partial charge in [0.2, 0.25) is 0 Å². The largest absolute Gasteiger partial charge is 0.494 e. The highest BCUT2D eigenvalue weighted by atomic mass is 16.5. The molecular weight excluding hydrogens is 298 g/mol. The standard InChI is InChI=1S/C21H29NO2/c1-2-23-17-18-10-13-22(14-11-18)12-5-15-24-21-9-8-19-6-3-4-7-20(19)16-21/h3-4,6-9,16,18H,2,5,10-15,17H2,1H3. The summed E-state index contributed by atoms with van der Waals surface area (Å²) in [4.78, 5) is 2.56. The van der Waals surface area contributed by atoms with Gasteiger partial charge in [-0.3, -0.25) is 0 Å². The lowest BCUT2D eigenvalue weighted by molar-refractivity contribution is 0.0728. The minimum absolute atomic E-state index is 0.759. The molecule has 3 nitrogen and oxygen atoms in total. The van der Waals surface area contributed by atoms with Crippen molar-refractivity contribution in [2.75, 3.05) is 39.5 Å². The highest BCUT2D eigenvalue weighted by Gasteiger charge is 2.18. The lowest BCUT2D eigenvalue weighted by Crippen LogP contribution is -2.36. The average molecular weight is 327 g/mol. The molecule has 1 heterocycles. The molecule has 0 bridgehead atoms. The van der Waals surface area contributed by atoms with E-state index < -0.39 is 0 Å². The number of benzene rings is 2. The van der Waals surface area contributed by atoms with Crippen molar-refractivity contribution in [2.24, 2.45) is 5.92 Å². The Kier molecular flexibility index (Phi) is 6.50. The first-order chi connectivity index (χ1) is 11.8. The van der Waals surface area contributed by atoms with Crippen LogP contribution in [0.2, 0.25) is 0 Å². The fourth-order valence-corrected chi connectivity index (χ4v) is 3.40. The maximum Gasteiger partial charge on any atom is 0.119 e. The molecule has 0 spiro atoms. The molecule has 0 atom stereocenters. The topological polar surface area (TPSA) is 21.7 Å². The van der Waals surface area contributed by atoms with Gasteiger partial charge < -0.3 is 14.4 Å². The molecule has 1 aliphatic rings.